The van der Waals surface area contributed by atoms with E-state index in [4.69, 9.17) is 4.74 Å². The number of nitrogens with one attached hydrogen (secondary N) is 1. The summed E-state index contributed by atoms with van der Waals surface area (Å²) in [5.41, 5.74) is 1.44. The van der Waals surface area contributed by atoms with E-state index in [-0.39, 0.29) is 17.4 Å². The second-order valence-electron chi connectivity index (χ2n) is 9.22. The van der Waals surface area contributed by atoms with Gasteiger partial charge in [0.1, 0.15) is 0 Å². The quantitative estimate of drug-likeness (QED) is 0.404. The molecule has 6 nitrogen and oxygen atoms in total. The maximum absolute atomic E-state index is 13.3. The highest BCUT2D eigenvalue weighted by Crippen LogP contribution is 2.40. The van der Waals surface area contributed by atoms with E-state index in [1.54, 1.807) is 24.3 Å². The van der Waals surface area contributed by atoms with Gasteiger partial charge in [-0.1, -0.05) is 60.9 Å². The minimum Gasteiger partial charge on any atom is -0.394 e. The molecule has 3 atom stereocenters. The smallest absolute Gasteiger partial charge is 0.241 e. The van der Waals surface area contributed by atoms with Gasteiger partial charge in [0.2, 0.25) is 10.0 Å². The molecule has 3 N–H and O–H groups in total. The molecule has 3 rings (SSSR count). The minimum atomic E-state index is -3.73. The molecule has 1 saturated carbocycles. The fourth-order valence-electron chi connectivity index (χ4n) is 4.80. The van der Waals surface area contributed by atoms with Crippen molar-refractivity contribution in [2.45, 2.75) is 75.0 Å². The van der Waals surface area contributed by atoms with Crippen LogP contribution in [0, 0.1) is 12.8 Å². The number of aliphatic hydroxyl groups excluding tert-OH is 2. The summed E-state index contributed by atoms with van der Waals surface area (Å²) >= 11 is 0. The molecule has 0 heterocycles. The van der Waals surface area contributed by atoms with Crippen LogP contribution in [0.3, 0.4) is 0 Å². The van der Waals surface area contributed by atoms with Crippen molar-refractivity contribution in [2.75, 3.05) is 13.2 Å². The lowest BCUT2D eigenvalue weighted by Crippen LogP contribution is -2.55. The number of hydrogen-bond donors (Lipinski definition) is 3. The van der Waals surface area contributed by atoms with Gasteiger partial charge in [-0.15, -0.1) is 0 Å². The van der Waals surface area contributed by atoms with E-state index in [2.05, 4.69) is 4.72 Å². The maximum Gasteiger partial charge on any atom is 0.241 e. The molecule has 0 bridgehead atoms. The summed E-state index contributed by atoms with van der Waals surface area (Å²) in [4.78, 5) is 0.250. The van der Waals surface area contributed by atoms with E-state index in [1.807, 2.05) is 37.3 Å². The van der Waals surface area contributed by atoms with Gasteiger partial charge < -0.3 is 14.9 Å². The van der Waals surface area contributed by atoms with Crippen LogP contribution in [0.1, 0.15) is 56.1 Å². The highest BCUT2D eigenvalue weighted by atomic mass is 32.2. The minimum absolute atomic E-state index is 0.0909. The van der Waals surface area contributed by atoms with Crippen molar-refractivity contribution in [2.24, 2.45) is 5.92 Å². The van der Waals surface area contributed by atoms with Crippen LogP contribution in [0.4, 0.5) is 0 Å². The first-order valence-corrected chi connectivity index (χ1v) is 13.3. The predicted octanol–water partition coefficient (Wildman–Crippen LogP) is 3.94. The zero-order chi connectivity index (χ0) is 23.7. The Morgan fingerprint density at radius 3 is 2.55 bits per heavy atom. The summed E-state index contributed by atoms with van der Waals surface area (Å²) in [6.07, 6.45) is 4.27. The Balaban J connectivity index is 1.75. The van der Waals surface area contributed by atoms with Crippen molar-refractivity contribution in [3.05, 3.63) is 65.7 Å². The summed E-state index contributed by atoms with van der Waals surface area (Å²) in [7, 11) is -3.73. The van der Waals surface area contributed by atoms with Crippen LogP contribution in [0.5, 0.6) is 0 Å². The Kier molecular flexibility index (Phi) is 9.47. The molecule has 182 valence electrons. The molecule has 2 aromatic carbocycles. The first-order valence-electron chi connectivity index (χ1n) is 11.9. The molecule has 1 aliphatic rings. The average molecular weight is 476 g/mol. The molecule has 1 aliphatic carbocycles. The highest BCUT2D eigenvalue weighted by molar-refractivity contribution is 7.89. The molecule has 0 aliphatic heterocycles. The third kappa shape index (κ3) is 7.36. The molecule has 0 aromatic heterocycles. The molecular weight excluding hydrogens is 438 g/mol. The Morgan fingerprint density at radius 2 is 1.85 bits per heavy atom. The Bertz CT molecular complexity index is 948. The second kappa shape index (κ2) is 12.1. The van der Waals surface area contributed by atoms with Crippen LogP contribution in [0.25, 0.3) is 0 Å². The summed E-state index contributed by atoms with van der Waals surface area (Å²) in [5.74, 6) is 0.0909. The summed E-state index contributed by atoms with van der Waals surface area (Å²) in [6.45, 7) is 2.66. The normalized spacial score (nSPS) is 22.2. The van der Waals surface area contributed by atoms with Gasteiger partial charge >= 0.3 is 0 Å². The summed E-state index contributed by atoms with van der Waals surface area (Å²) in [6, 6.07) is 16.9. The van der Waals surface area contributed by atoms with Crippen LogP contribution in [0.15, 0.2) is 59.5 Å². The fraction of sp³-hybridized carbons (Fsp3) is 0.538. The van der Waals surface area contributed by atoms with Crippen molar-refractivity contribution in [3.63, 3.8) is 0 Å². The number of hydrogen-bond acceptors (Lipinski definition) is 5. The molecule has 0 radical (unpaired) electrons. The molecule has 33 heavy (non-hydrogen) atoms. The number of ether oxygens (including phenoxy) is 1. The lowest BCUT2D eigenvalue weighted by Gasteiger charge is -2.45. The molecule has 0 saturated heterocycles. The molecule has 0 amide bonds. The Labute approximate surface area is 198 Å². The number of rotatable bonds is 12. The van der Waals surface area contributed by atoms with E-state index in [0.29, 0.717) is 32.5 Å². The molecule has 1 unspecified atom stereocenters. The van der Waals surface area contributed by atoms with Crippen molar-refractivity contribution < 1.29 is 23.4 Å². The molecule has 1 fully saturated rings. The van der Waals surface area contributed by atoms with Gasteiger partial charge in [0.05, 0.1) is 24.2 Å². The van der Waals surface area contributed by atoms with Crippen LogP contribution in [-0.2, 0) is 21.4 Å². The third-order valence-corrected chi connectivity index (χ3v) is 8.30. The van der Waals surface area contributed by atoms with E-state index in [0.717, 1.165) is 36.8 Å². The topological polar surface area (TPSA) is 95.9 Å². The first-order chi connectivity index (χ1) is 15.8. The molecule has 0 spiro atoms. The van der Waals surface area contributed by atoms with Gasteiger partial charge in [-0.05, 0) is 62.6 Å². The maximum atomic E-state index is 13.3. The van der Waals surface area contributed by atoms with Crippen LogP contribution in [-0.4, -0.2) is 43.5 Å². The van der Waals surface area contributed by atoms with Crippen molar-refractivity contribution in [1.82, 2.24) is 4.72 Å². The van der Waals surface area contributed by atoms with Crippen molar-refractivity contribution in [1.29, 1.82) is 0 Å². The van der Waals surface area contributed by atoms with E-state index >= 15 is 0 Å². The zero-order valence-corrected chi connectivity index (χ0v) is 20.3. The summed E-state index contributed by atoms with van der Waals surface area (Å²) in [5, 5.41) is 19.3. The SMILES string of the molecule is Cc1ccc(S(=O)(=O)N[C@]2(CCC(O)CO)CCCC[C@H]2CCOCc2ccccc2)cc1. The second-order valence-corrected chi connectivity index (χ2v) is 10.9. The summed E-state index contributed by atoms with van der Waals surface area (Å²) < 4.78 is 35.7. The monoisotopic (exact) mass is 475 g/mol. The lowest BCUT2D eigenvalue weighted by atomic mass is 9.69. The van der Waals surface area contributed by atoms with Crippen LogP contribution in [0.2, 0.25) is 0 Å². The van der Waals surface area contributed by atoms with Gasteiger partial charge in [0, 0.05) is 12.1 Å². The van der Waals surface area contributed by atoms with Crippen LogP contribution < -0.4 is 4.72 Å². The van der Waals surface area contributed by atoms with E-state index in [9.17, 15) is 18.6 Å². The Hall–Kier alpha value is -1.77. The van der Waals surface area contributed by atoms with Gasteiger partial charge in [0.15, 0.2) is 0 Å². The van der Waals surface area contributed by atoms with Crippen LogP contribution >= 0.6 is 0 Å². The average Bonchev–Trinajstić information content (AvgIpc) is 2.82. The molecule has 7 heteroatoms. The lowest BCUT2D eigenvalue weighted by molar-refractivity contribution is 0.0491. The van der Waals surface area contributed by atoms with E-state index < -0.39 is 21.7 Å². The Morgan fingerprint density at radius 1 is 1.12 bits per heavy atom. The number of aryl methyl sites for hydroxylation is 1. The van der Waals surface area contributed by atoms with Gasteiger partial charge in [-0.3, -0.25) is 0 Å². The third-order valence-electron chi connectivity index (χ3n) is 6.73. The van der Waals surface area contributed by atoms with Gasteiger partial charge in [0.25, 0.3) is 0 Å². The predicted molar refractivity (Wildman–Crippen MR) is 129 cm³/mol. The first kappa shape index (κ1) is 25.8. The molecular formula is C26H37NO5S. The molecule has 2 aromatic rings. The van der Waals surface area contributed by atoms with Gasteiger partial charge in [-0.2, -0.15) is 0 Å². The van der Waals surface area contributed by atoms with E-state index in [1.165, 1.54) is 0 Å². The number of aliphatic hydroxyl groups is 2. The number of sulfonamides is 1. The fourth-order valence-corrected chi connectivity index (χ4v) is 6.31. The largest absolute Gasteiger partial charge is 0.394 e. The standard InChI is InChI=1S/C26H37NO5S/c1-21-10-12-25(13-11-21)33(30,31)27-26(17-14-24(29)19-28)16-6-5-9-23(26)15-18-32-20-22-7-3-2-4-8-22/h2-4,7-8,10-13,23-24,27-29H,5-6,9,14-20H2,1H3/t23-,24?,26-/m0/s1. The highest BCUT2D eigenvalue weighted by Gasteiger charge is 2.43. The number of benzene rings is 2. The van der Waals surface area contributed by atoms with Gasteiger partial charge in [-0.25, -0.2) is 13.1 Å². The van der Waals surface area contributed by atoms with Crippen molar-refractivity contribution >= 4 is 10.0 Å². The zero-order valence-electron chi connectivity index (χ0n) is 19.4. The van der Waals surface area contributed by atoms with Crippen molar-refractivity contribution in [3.8, 4) is 0 Å².